The Kier molecular flexibility index (Phi) is 11.3. The topological polar surface area (TPSA) is 32.8 Å². The SMILES string of the molecule is Cc1ccc2c(oc3ccccc32)c1N(c1ccccc1)c1ccc2c(-c3ccccc3)c3c(c(-c4ccccc4)c2c1)-c1c-3c(-c2ccccc2)c2cc(N(c3ccccc3)c3c(C)ccc4c3oc3ccccc34)ccc2c1-c1ccccc1. The normalized spacial score (nSPS) is 11.8. The third-order valence-corrected chi connectivity index (χ3v) is 17.8. The maximum Gasteiger partial charge on any atom is 0.159 e. The number of hydrogen-bond acceptors (Lipinski definition) is 4. The summed E-state index contributed by atoms with van der Waals surface area (Å²) in [4.78, 5) is 4.82. The number of hydrogen-bond donors (Lipinski definition) is 0. The molecule has 17 rings (SSSR count). The monoisotopic (exact) mass is 1100 g/mol. The van der Waals surface area contributed by atoms with E-state index in [-0.39, 0.29) is 0 Å². The fourth-order valence-corrected chi connectivity index (χ4v) is 14.1. The molecule has 14 aromatic carbocycles. The molecule has 0 fully saturated rings. The Morgan fingerprint density at radius 1 is 0.221 bits per heavy atom. The van der Waals surface area contributed by atoms with E-state index in [2.05, 4.69) is 315 Å². The molecule has 86 heavy (non-hydrogen) atoms. The lowest BCUT2D eigenvalue weighted by atomic mass is 9.65. The van der Waals surface area contributed by atoms with Gasteiger partial charge in [0, 0.05) is 44.3 Å². The summed E-state index contributed by atoms with van der Waals surface area (Å²) in [7, 11) is 0. The van der Waals surface area contributed by atoms with E-state index in [1.165, 1.54) is 55.3 Å². The molecule has 0 spiro atoms. The van der Waals surface area contributed by atoms with Crippen molar-refractivity contribution < 1.29 is 8.83 Å². The lowest BCUT2D eigenvalue weighted by molar-refractivity contribution is 0.668. The molecule has 0 aliphatic heterocycles. The maximum absolute atomic E-state index is 6.92. The summed E-state index contributed by atoms with van der Waals surface area (Å²) in [6.07, 6.45) is 0. The first-order valence-electron chi connectivity index (χ1n) is 29.6. The molecule has 0 amide bonds. The van der Waals surface area contributed by atoms with Crippen LogP contribution in [0.1, 0.15) is 11.1 Å². The van der Waals surface area contributed by atoms with Crippen molar-refractivity contribution in [2.75, 3.05) is 9.80 Å². The molecule has 0 bridgehead atoms. The third-order valence-electron chi connectivity index (χ3n) is 17.8. The highest BCUT2D eigenvalue weighted by atomic mass is 16.3. The van der Waals surface area contributed by atoms with Crippen LogP contribution < -0.4 is 9.80 Å². The van der Waals surface area contributed by atoms with Gasteiger partial charge in [-0.15, -0.1) is 0 Å². The van der Waals surface area contributed by atoms with Gasteiger partial charge in [0.1, 0.15) is 11.2 Å². The molecule has 0 radical (unpaired) electrons. The van der Waals surface area contributed by atoms with Gasteiger partial charge < -0.3 is 18.6 Å². The largest absolute Gasteiger partial charge is 0.454 e. The molecule has 2 heterocycles. The van der Waals surface area contributed by atoms with Crippen LogP contribution in [0.2, 0.25) is 0 Å². The highest BCUT2D eigenvalue weighted by Crippen LogP contribution is 2.66. The molecule has 0 saturated heterocycles. The van der Waals surface area contributed by atoms with Gasteiger partial charge in [0.2, 0.25) is 0 Å². The van der Waals surface area contributed by atoms with Gasteiger partial charge in [0.05, 0.1) is 11.4 Å². The predicted octanol–water partition coefficient (Wildman–Crippen LogP) is 23.7. The van der Waals surface area contributed by atoms with Crippen molar-refractivity contribution in [3.63, 3.8) is 0 Å². The summed E-state index contributed by atoms with van der Waals surface area (Å²) in [5.74, 6) is 0. The molecular formula is C82H54N2O2. The minimum absolute atomic E-state index is 0.860. The molecule has 1 aliphatic carbocycles. The standard InChI is InChI=1S/C82H54N2O2/c1-51-41-45-65-61-37-21-23-39-69(61)85-81(65)79(51)83(57-33-17-7-18-34-57)59-43-47-63-67(49-59)73(55-29-13-5-14-30-55)77-75(71(63)53-25-9-3-10-26-53)78-74(56-31-15-6-16-32-56)68-50-60(44-48-64(68)72(76(77)78)54-27-11-4-12-28-54)84(58-35-19-8-20-36-58)80-52(2)42-46-66-62-38-22-24-40-70(62)86-82(66)80/h3-50H,1-2H3. The number of fused-ring (bicyclic) bond motifs is 12. The quantitative estimate of drug-likeness (QED) is 0.137. The van der Waals surface area contributed by atoms with Crippen LogP contribution in [0.25, 0.3) is 132 Å². The van der Waals surface area contributed by atoms with Gasteiger partial charge in [0.15, 0.2) is 11.2 Å². The number of nitrogens with zero attached hydrogens (tertiary/aromatic N) is 2. The zero-order chi connectivity index (χ0) is 57.0. The van der Waals surface area contributed by atoms with Gasteiger partial charge in [-0.25, -0.2) is 0 Å². The number of rotatable bonds is 10. The van der Waals surface area contributed by atoms with Gasteiger partial charge in [-0.1, -0.05) is 231 Å². The van der Waals surface area contributed by atoms with Crippen molar-refractivity contribution in [1.29, 1.82) is 0 Å². The molecule has 404 valence electrons. The predicted molar refractivity (Wildman–Crippen MR) is 361 cm³/mol. The molecule has 16 aromatic rings. The second-order valence-corrected chi connectivity index (χ2v) is 22.7. The van der Waals surface area contributed by atoms with Crippen LogP contribution in [0.3, 0.4) is 0 Å². The number of benzene rings is 14. The zero-order valence-electron chi connectivity index (χ0n) is 47.4. The molecule has 0 unspecified atom stereocenters. The van der Waals surface area contributed by atoms with E-state index < -0.39 is 0 Å². The Labute approximate surface area is 498 Å². The van der Waals surface area contributed by atoms with Crippen LogP contribution in [0.15, 0.2) is 300 Å². The van der Waals surface area contributed by atoms with E-state index in [1.54, 1.807) is 0 Å². The number of furan rings is 2. The van der Waals surface area contributed by atoms with Crippen molar-refractivity contribution in [1.82, 2.24) is 0 Å². The number of aryl methyl sites for hydroxylation is 2. The highest BCUT2D eigenvalue weighted by Gasteiger charge is 2.39. The molecule has 0 saturated carbocycles. The van der Waals surface area contributed by atoms with E-state index >= 15 is 0 Å². The molecule has 0 N–H and O–H groups in total. The maximum atomic E-state index is 6.92. The van der Waals surface area contributed by atoms with E-state index in [0.717, 1.165) is 122 Å². The molecule has 2 aromatic heterocycles. The first-order chi connectivity index (χ1) is 42.6. The summed E-state index contributed by atoms with van der Waals surface area (Å²) in [6.45, 7) is 4.40. The minimum atomic E-state index is 0.860. The van der Waals surface area contributed by atoms with Crippen LogP contribution >= 0.6 is 0 Å². The fourth-order valence-electron chi connectivity index (χ4n) is 14.1. The minimum Gasteiger partial charge on any atom is -0.454 e. The van der Waals surface area contributed by atoms with Gasteiger partial charge >= 0.3 is 0 Å². The average molecular weight is 1100 g/mol. The van der Waals surface area contributed by atoms with E-state index in [4.69, 9.17) is 8.83 Å². The van der Waals surface area contributed by atoms with Gasteiger partial charge in [-0.3, -0.25) is 0 Å². The summed E-state index contributed by atoms with van der Waals surface area (Å²) in [6, 6.07) is 106. The van der Waals surface area contributed by atoms with Gasteiger partial charge in [0.25, 0.3) is 0 Å². The van der Waals surface area contributed by atoms with E-state index in [9.17, 15) is 0 Å². The Balaban J connectivity index is 1.00. The van der Waals surface area contributed by atoms with Gasteiger partial charge in [-0.2, -0.15) is 0 Å². The van der Waals surface area contributed by atoms with Crippen molar-refractivity contribution in [2.24, 2.45) is 0 Å². The van der Waals surface area contributed by atoms with Crippen LogP contribution in [0.4, 0.5) is 34.1 Å². The number of para-hydroxylation sites is 4. The lowest BCUT2D eigenvalue weighted by Gasteiger charge is -2.38. The van der Waals surface area contributed by atoms with Crippen molar-refractivity contribution >= 4 is 99.5 Å². The van der Waals surface area contributed by atoms with Crippen LogP contribution in [-0.4, -0.2) is 0 Å². The lowest BCUT2D eigenvalue weighted by Crippen LogP contribution is -2.13. The second-order valence-electron chi connectivity index (χ2n) is 22.7. The molecule has 4 nitrogen and oxygen atoms in total. The first-order valence-corrected chi connectivity index (χ1v) is 29.6. The Hall–Kier alpha value is -11.2. The molecule has 0 atom stereocenters. The highest BCUT2D eigenvalue weighted by molar-refractivity contribution is 6.33. The summed E-state index contributed by atoms with van der Waals surface area (Å²) in [5, 5.41) is 9.06. The van der Waals surface area contributed by atoms with Crippen LogP contribution in [-0.2, 0) is 0 Å². The molecule has 4 heteroatoms. The van der Waals surface area contributed by atoms with Crippen molar-refractivity contribution in [2.45, 2.75) is 13.8 Å². The van der Waals surface area contributed by atoms with Crippen LogP contribution in [0.5, 0.6) is 0 Å². The molecule has 1 aliphatic rings. The van der Waals surface area contributed by atoms with Crippen molar-refractivity contribution in [3.05, 3.63) is 302 Å². The zero-order valence-corrected chi connectivity index (χ0v) is 47.4. The van der Waals surface area contributed by atoms with Crippen LogP contribution in [0, 0.1) is 13.8 Å². The summed E-state index contributed by atoms with van der Waals surface area (Å²) < 4.78 is 13.8. The van der Waals surface area contributed by atoms with E-state index in [0.29, 0.717) is 0 Å². The summed E-state index contributed by atoms with van der Waals surface area (Å²) in [5.41, 5.74) is 26.3. The third kappa shape index (κ3) is 7.56. The fraction of sp³-hybridized carbons (Fsp3) is 0.0244. The van der Waals surface area contributed by atoms with Crippen molar-refractivity contribution in [3.8, 4) is 66.8 Å². The Morgan fingerprint density at radius 3 is 0.860 bits per heavy atom. The van der Waals surface area contributed by atoms with E-state index in [1.807, 2.05) is 0 Å². The Bertz CT molecular complexity index is 4990. The Morgan fingerprint density at radius 2 is 0.512 bits per heavy atom. The first kappa shape index (κ1) is 49.4. The summed E-state index contributed by atoms with van der Waals surface area (Å²) >= 11 is 0. The second kappa shape index (κ2) is 19.7. The average Bonchev–Trinajstić information content (AvgIpc) is 0.836. The van der Waals surface area contributed by atoms with Gasteiger partial charge in [-0.05, 0) is 174 Å². The molecular weight excluding hydrogens is 1040 g/mol. The number of anilines is 6. The smallest absolute Gasteiger partial charge is 0.159 e.